The first-order valence-corrected chi connectivity index (χ1v) is 12.3. The van der Waals surface area contributed by atoms with Crippen LogP contribution in [0.25, 0.3) is 6.08 Å². The van der Waals surface area contributed by atoms with Crippen LogP contribution < -0.4 is 4.90 Å². The van der Waals surface area contributed by atoms with E-state index >= 15 is 0 Å². The van der Waals surface area contributed by atoms with E-state index in [9.17, 15) is 18.8 Å². The topological polar surface area (TPSA) is 60.9 Å². The maximum absolute atomic E-state index is 13.8. The largest absolute Gasteiger partial charge is 0.339 e. The summed E-state index contributed by atoms with van der Waals surface area (Å²) in [6.07, 6.45) is 3.50. The minimum atomic E-state index is -0.359. The summed E-state index contributed by atoms with van der Waals surface area (Å²) in [5.74, 6) is -0.559. The van der Waals surface area contributed by atoms with Gasteiger partial charge in [0.05, 0.1) is 13.0 Å². The molecule has 0 bridgehead atoms. The molecule has 6 nitrogen and oxygen atoms in total. The summed E-state index contributed by atoms with van der Waals surface area (Å²) < 4.78 is 13.8. The molecule has 0 unspecified atom stereocenters. The number of rotatable bonds is 7. The molecule has 3 amide bonds. The summed E-state index contributed by atoms with van der Waals surface area (Å²) in [5.41, 5.74) is 3.06. The highest BCUT2D eigenvalue weighted by atomic mass is 19.1. The van der Waals surface area contributed by atoms with Gasteiger partial charge < -0.3 is 14.7 Å². The van der Waals surface area contributed by atoms with Gasteiger partial charge in [0, 0.05) is 44.9 Å². The van der Waals surface area contributed by atoms with E-state index in [4.69, 9.17) is 0 Å². The molecule has 0 spiro atoms. The summed E-state index contributed by atoms with van der Waals surface area (Å²) in [4.78, 5) is 42.6. The van der Waals surface area contributed by atoms with Gasteiger partial charge in [-0.25, -0.2) is 4.39 Å². The van der Waals surface area contributed by atoms with Gasteiger partial charge in [-0.05, 0) is 47.0 Å². The van der Waals surface area contributed by atoms with Crippen molar-refractivity contribution in [3.8, 4) is 0 Å². The average Bonchev–Trinajstić information content (AvgIpc) is 2.91. The smallest absolute Gasteiger partial charge is 0.251 e. The lowest BCUT2D eigenvalue weighted by molar-refractivity contribution is -0.138. The van der Waals surface area contributed by atoms with E-state index in [1.165, 1.54) is 18.2 Å². The number of piperazine rings is 1. The summed E-state index contributed by atoms with van der Waals surface area (Å²) >= 11 is 0. The molecule has 1 fully saturated rings. The number of halogens is 1. The lowest BCUT2D eigenvalue weighted by atomic mass is 10.1. The van der Waals surface area contributed by atoms with Crippen molar-refractivity contribution in [2.24, 2.45) is 0 Å². The Kier molecular flexibility index (Phi) is 8.46. The zero-order chi connectivity index (χ0) is 26.2. The van der Waals surface area contributed by atoms with E-state index in [-0.39, 0.29) is 36.5 Å². The summed E-state index contributed by atoms with van der Waals surface area (Å²) in [6.45, 7) is 3.90. The molecule has 1 saturated heterocycles. The Hall–Kier alpha value is -4.26. The van der Waals surface area contributed by atoms with Crippen LogP contribution >= 0.6 is 0 Å². The van der Waals surface area contributed by atoms with E-state index in [0.29, 0.717) is 37.4 Å². The second-order valence-electron chi connectivity index (χ2n) is 9.03. The van der Waals surface area contributed by atoms with Crippen LogP contribution in [-0.2, 0) is 27.3 Å². The van der Waals surface area contributed by atoms with Gasteiger partial charge in [-0.15, -0.1) is 0 Å². The van der Waals surface area contributed by atoms with Gasteiger partial charge in [-0.3, -0.25) is 14.4 Å². The molecule has 0 saturated carbocycles. The van der Waals surface area contributed by atoms with Gasteiger partial charge in [-0.2, -0.15) is 0 Å². The number of carbonyl (C=O) groups is 3. The fourth-order valence-corrected chi connectivity index (χ4v) is 4.29. The highest BCUT2D eigenvalue weighted by molar-refractivity contribution is 6.03. The number of carbonyl (C=O) groups excluding carboxylic acids is 3. The van der Waals surface area contributed by atoms with Crippen molar-refractivity contribution in [3.63, 3.8) is 0 Å². The highest BCUT2D eigenvalue weighted by Gasteiger charge is 2.22. The predicted molar refractivity (Wildman–Crippen MR) is 142 cm³/mol. The number of nitrogens with zero attached hydrogens (tertiary/aromatic N) is 3. The molecule has 1 heterocycles. The second kappa shape index (κ2) is 12.1. The van der Waals surface area contributed by atoms with Gasteiger partial charge in [0.15, 0.2) is 0 Å². The van der Waals surface area contributed by atoms with Gasteiger partial charge in [-0.1, -0.05) is 54.6 Å². The Morgan fingerprint density at radius 3 is 2.16 bits per heavy atom. The number of hydrogen-bond acceptors (Lipinski definition) is 3. The molecule has 190 valence electrons. The molecule has 1 aliphatic heterocycles. The van der Waals surface area contributed by atoms with E-state index < -0.39 is 0 Å². The van der Waals surface area contributed by atoms with E-state index in [1.807, 2.05) is 54.6 Å². The zero-order valence-corrected chi connectivity index (χ0v) is 20.8. The molecular weight excluding hydrogens is 469 g/mol. The van der Waals surface area contributed by atoms with Crippen molar-refractivity contribution >= 4 is 29.5 Å². The average molecular weight is 500 g/mol. The number of benzene rings is 3. The van der Waals surface area contributed by atoms with Crippen molar-refractivity contribution in [1.29, 1.82) is 0 Å². The van der Waals surface area contributed by atoms with Crippen molar-refractivity contribution in [1.82, 2.24) is 9.80 Å². The molecule has 7 heteroatoms. The molecule has 0 aliphatic carbocycles. The normalized spacial score (nSPS) is 13.6. The monoisotopic (exact) mass is 499 g/mol. The molecule has 3 aromatic carbocycles. The van der Waals surface area contributed by atoms with Crippen LogP contribution in [0.1, 0.15) is 23.6 Å². The van der Waals surface area contributed by atoms with Gasteiger partial charge >= 0.3 is 0 Å². The van der Waals surface area contributed by atoms with E-state index in [2.05, 4.69) is 0 Å². The minimum Gasteiger partial charge on any atom is -0.339 e. The van der Waals surface area contributed by atoms with Crippen molar-refractivity contribution in [2.45, 2.75) is 19.9 Å². The predicted octanol–water partition coefficient (Wildman–Crippen LogP) is 4.31. The molecule has 1 aliphatic rings. The third-order valence-corrected chi connectivity index (χ3v) is 6.39. The van der Waals surface area contributed by atoms with Crippen LogP contribution in [0.15, 0.2) is 84.9 Å². The van der Waals surface area contributed by atoms with Crippen LogP contribution in [0.3, 0.4) is 0 Å². The fraction of sp³-hybridized carbons (Fsp3) is 0.233. The molecule has 4 rings (SSSR count). The SMILES string of the molecule is CC(=O)N1CCN(C(=O)Cc2ccc(N(Cc3cccc(F)c3)C(=O)C=Cc3ccccc3)cc2)CC1. The quantitative estimate of drug-likeness (QED) is 0.456. The van der Waals surface area contributed by atoms with Gasteiger partial charge in [0.2, 0.25) is 11.8 Å². The molecule has 0 atom stereocenters. The third kappa shape index (κ3) is 7.13. The van der Waals surface area contributed by atoms with Crippen molar-refractivity contribution in [2.75, 3.05) is 31.1 Å². The molecule has 0 radical (unpaired) electrons. The Balaban J connectivity index is 1.47. The van der Waals surface area contributed by atoms with Crippen molar-refractivity contribution < 1.29 is 18.8 Å². The van der Waals surface area contributed by atoms with Crippen LogP contribution in [-0.4, -0.2) is 53.7 Å². The zero-order valence-electron chi connectivity index (χ0n) is 20.8. The van der Waals surface area contributed by atoms with Crippen LogP contribution in [0, 0.1) is 5.82 Å². The first-order chi connectivity index (χ1) is 17.9. The number of amides is 3. The Labute approximate surface area is 216 Å². The Bertz CT molecular complexity index is 1270. The van der Waals surface area contributed by atoms with E-state index in [1.54, 1.807) is 39.8 Å². The first kappa shape index (κ1) is 25.8. The van der Waals surface area contributed by atoms with Crippen molar-refractivity contribution in [3.05, 3.63) is 107 Å². The van der Waals surface area contributed by atoms with Crippen LogP contribution in [0.5, 0.6) is 0 Å². The molecule has 37 heavy (non-hydrogen) atoms. The lowest BCUT2D eigenvalue weighted by Gasteiger charge is -2.34. The van der Waals surface area contributed by atoms with E-state index in [0.717, 1.165) is 11.1 Å². The molecule has 0 aromatic heterocycles. The lowest BCUT2D eigenvalue weighted by Crippen LogP contribution is -2.50. The van der Waals surface area contributed by atoms with Gasteiger partial charge in [0.25, 0.3) is 5.91 Å². The molecular formula is C30H30FN3O3. The van der Waals surface area contributed by atoms with Crippen LogP contribution in [0.4, 0.5) is 10.1 Å². The summed E-state index contributed by atoms with van der Waals surface area (Å²) in [5, 5.41) is 0. The third-order valence-electron chi connectivity index (χ3n) is 6.39. The minimum absolute atomic E-state index is 0.00874. The Morgan fingerprint density at radius 1 is 0.838 bits per heavy atom. The highest BCUT2D eigenvalue weighted by Crippen LogP contribution is 2.21. The first-order valence-electron chi connectivity index (χ1n) is 12.3. The molecule has 0 N–H and O–H groups in total. The van der Waals surface area contributed by atoms with Gasteiger partial charge in [0.1, 0.15) is 5.82 Å². The number of anilines is 1. The summed E-state index contributed by atoms with van der Waals surface area (Å²) in [7, 11) is 0. The standard InChI is InChI=1S/C30H30FN3O3/c1-23(35)32-16-18-33(19-17-32)30(37)21-25-10-13-28(14-11-25)34(22-26-8-5-9-27(31)20-26)29(36)15-12-24-6-3-2-4-7-24/h2-15,20H,16-19,21-22H2,1H3. The fourth-order valence-electron chi connectivity index (χ4n) is 4.29. The number of hydrogen-bond donors (Lipinski definition) is 0. The maximum atomic E-state index is 13.8. The second-order valence-corrected chi connectivity index (χ2v) is 9.03. The summed E-state index contributed by atoms with van der Waals surface area (Å²) in [6, 6.07) is 23.0. The molecule has 3 aromatic rings. The maximum Gasteiger partial charge on any atom is 0.251 e. The van der Waals surface area contributed by atoms with Crippen LogP contribution in [0.2, 0.25) is 0 Å². The Morgan fingerprint density at radius 2 is 1.51 bits per heavy atom.